The molecule has 41 heavy (non-hydrogen) atoms. The van der Waals surface area contributed by atoms with Gasteiger partial charge in [0.05, 0.1) is 29.6 Å². The van der Waals surface area contributed by atoms with Crippen LogP contribution in [-0.2, 0) is 14.3 Å². The van der Waals surface area contributed by atoms with Gasteiger partial charge in [-0.1, -0.05) is 23.9 Å². The molecule has 0 aliphatic carbocycles. The number of hydrogen-bond acceptors (Lipinski definition) is 10. The highest BCUT2D eigenvalue weighted by molar-refractivity contribution is 8.04. The summed E-state index contributed by atoms with van der Waals surface area (Å²) in [4.78, 5) is 30.1. The Hall–Kier alpha value is -4.08. The Balaban J connectivity index is 0.000000349. The van der Waals surface area contributed by atoms with Gasteiger partial charge in [-0.05, 0) is 18.2 Å². The van der Waals surface area contributed by atoms with Crippen molar-refractivity contribution in [1.82, 2.24) is 14.9 Å². The van der Waals surface area contributed by atoms with E-state index >= 15 is 0 Å². The highest BCUT2D eigenvalue weighted by atomic mass is 32.2. The monoisotopic (exact) mass is 608 g/mol. The van der Waals surface area contributed by atoms with Crippen LogP contribution >= 0.6 is 11.8 Å². The largest absolute Gasteiger partial charge is 0.490 e. The summed E-state index contributed by atoms with van der Waals surface area (Å²) in [6.45, 7) is 5.15. The van der Waals surface area contributed by atoms with Gasteiger partial charge in [0.25, 0.3) is 0 Å². The Labute approximate surface area is 232 Å². The molecule has 0 unspecified atom stereocenters. The maximum atomic E-state index is 10.6. The molecule has 3 heterocycles. The third-order valence-corrected chi connectivity index (χ3v) is 5.98. The van der Waals surface area contributed by atoms with E-state index < -0.39 is 24.3 Å². The average molecular weight is 609 g/mol. The first-order chi connectivity index (χ1) is 19.2. The van der Waals surface area contributed by atoms with E-state index in [-0.39, 0.29) is 0 Å². The predicted octanol–water partition coefficient (Wildman–Crippen LogP) is 3.90. The molecule has 0 atom stereocenters. The lowest BCUT2D eigenvalue weighted by Crippen LogP contribution is -2.39. The molecule has 2 aromatic rings. The zero-order chi connectivity index (χ0) is 30.6. The Morgan fingerprint density at radius 3 is 2.20 bits per heavy atom. The number of aliphatic carboxylic acids is 2. The molecule has 0 bridgehead atoms. The molecule has 1 saturated heterocycles. The number of morpholine rings is 1. The Morgan fingerprint density at radius 2 is 1.66 bits per heavy atom. The normalized spacial score (nSPS) is 15.9. The third kappa shape index (κ3) is 11.1. The average Bonchev–Trinajstić information content (AvgIpc) is 3.33. The topological polar surface area (TPSA) is 161 Å². The summed E-state index contributed by atoms with van der Waals surface area (Å²) in [5, 5.41) is 31.3. The number of alkyl halides is 6. The number of anilines is 2. The fourth-order valence-electron chi connectivity index (χ4n) is 2.99. The van der Waals surface area contributed by atoms with Crippen molar-refractivity contribution in [3.05, 3.63) is 47.3 Å². The van der Waals surface area contributed by atoms with Gasteiger partial charge in [-0.2, -0.15) is 31.6 Å². The third-order valence-electron chi connectivity index (χ3n) is 4.90. The number of carboxylic acid groups (broad SMARTS) is 2. The zero-order valence-electron chi connectivity index (χ0n) is 20.8. The fourth-order valence-corrected chi connectivity index (χ4v) is 4.00. The van der Waals surface area contributed by atoms with E-state index in [9.17, 15) is 31.6 Å². The van der Waals surface area contributed by atoms with Crippen molar-refractivity contribution in [2.75, 3.05) is 50.0 Å². The molecule has 0 spiro atoms. The van der Waals surface area contributed by atoms with E-state index in [1.807, 2.05) is 24.3 Å². The fraction of sp³-hybridized carbons (Fsp3) is 0.348. The number of aromatic nitrogens is 2. The van der Waals surface area contributed by atoms with Crippen LogP contribution in [0.15, 0.2) is 46.5 Å². The van der Waals surface area contributed by atoms with Crippen LogP contribution in [0.5, 0.6) is 0 Å². The molecule has 1 fully saturated rings. The maximum Gasteiger partial charge on any atom is 0.490 e. The van der Waals surface area contributed by atoms with E-state index in [4.69, 9.17) is 24.5 Å². The van der Waals surface area contributed by atoms with Gasteiger partial charge in [0.2, 0.25) is 5.95 Å². The second-order valence-electron chi connectivity index (χ2n) is 7.79. The molecular formula is C23H22F6N6O5S. The highest BCUT2D eigenvalue weighted by Crippen LogP contribution is 2.43. The first-order valence-electron chi connectivity index (χ1n) is 11.4. The lowest BCUT2D eigenvalue weighted by atomic mass is 10.2. The lowest BCUT2D eigenvalue weighted by Gasteiger charge is -2.26. The van der Waals surface area contributed by atoms with Crippen molar-refractivity contribution in [3.63, 3.8) is 0 Å². The number of hydrogen-bond donors (Lipinski definition) is 4. The Bertz CT molecular complexity index is 1230. The predicted molar refractivity (Wildman–Crippen MR) is 134 cm³/mol. The number of nitrogens with zero attached hydrogens (tertiary/aromatic N) is 4. The van der Waals surface area contributed by atoms with Crippen LogP contribution < -0.4 is 10.6 Å². The van der Waals surface area contributed by atoms with Crippen LogP contribution in [0, 0.1) is 11.3 Å². The van der Waals surface area contributed by atoms with Gasteiger partial charge in [-0.15, -0.1) is 0 Å². The second-order valence-corrected chi connectivity index (χ2v) is 8.84. The minimum Gasteiger partial charge on any atom is -0.475 e. The van der Waals surface area contributed by atoms with Crippen molar-refractivity contribution in [3.8, 4) is 6.07 Å². The number of rotatable bonds is 5. The number of thioether (sulfide) groups is 1. The molecule has 18 heteroatoms. The zero-order valence-corrected chi connectivity index (χ0v) is 21.6. The van der Waals surface area contributed by atoms with E-state index in [1.165, 1.54) is 0 Å². The van der Waals surface area contributed by atoms with Gasteiger partial charge in [-0.25, -0.2) is 19.6 Å². The minimum atomic E-state index is -5.08. The summed E-state index contributed by atoms with van der Waals surface area (Å²) < 4.78 is 68.8. The quantitative estimate of drug-likeness (QED) is 0.287. The van der Waals surface area contributed by atoms with E-state index in [0.29, 0.717) is 17.2 Å². The number of carbonyl (C=O) groups is 2. The molecule has 11 nitrogen and oxygen atoms in total. The van der Waals surface area contributed by atoms with Gasteiger partial charge in [0.1, 0.15) is 11.6 Å². The molecule has 0 saturated carbocycles. The Morgan fingerprint density at radius 1 is 1.07 bits per heavy atom. The standard InChI is InChI=1S/C19H20N6OS.2C2HF3O2/c20-13-14(18-23-16-3-1-2-4-17(16)27-18)15-5-6-21-19(24-15)22-7-8-25-9-11-26-12-10-25;2*3-2(4,5)1(6)7/h1-6,23H,7-12H2,(H,21,22,24);2*(H,6,7)/b18-14+;;. The SMILES string of the molecule is N#C/C(=C1/Nc2ccccc2S1)c1ccnc(NCCN2CCOCC2)n1.O=C(O)C(F)(F)F.O=C(O)C(F)(F)F. The molecule has 0 radical (unpaired) electrons. The number of nitriles is 1. The summed E-state index contributed by atoms with van der Waals surface area (Å²) >= 11 is 1.55. The number of fused-ring (bicyclic) bond motifs is 1. The number of allylic oxidation sites excluding steroid dienone is 1. The summed E-state index contributed by atoms with van der Waals surface area (Å²) in [5.74, 6) is -4.98. The van der Waals surface area contributed by atoms with E-state index in [1.54, 1.807) is 24.0 Å². The second kappa shape index (κ2) is 15.1. The summed E-state index contributed by atoms with van der Waals surface area (Å²) in [6, 6.07) is 12.1. The number of nitrogens with one attached hydrogen (secondary N) is 2. The number of benzene rings is 1. The van der Waals surface area contributed by atoms with Gasteiger partial charge in [0.15, 0.2) is 0 Å². The summed E-state index contributed by atoms with van der Waals surface area (Å²) in [7, 11) is 0. The van der Waals surface area contributed by atoms with Crippen LogP contribution in [0.4, 0.5) is 38.0 Å². The molecular weight excluding hydrogens is 586 g/mol. The molecule has 1 aromatic carbocycles. The number of ether oxygens (including phenoxy) is 1. The molecule has 1 aromatic heterocycles. The summed E-state index contributed by atoms with van der Waals surface area (Å²) in [6.07, 6.45) is -8.48. The van der Waals surface area contributed by atoms with Gasteiger partial charge >= 0.3 is 24.3 Å². The van der Waals surface area contributed by atoms with Crippen LogP contribution in [-0.4, -0.2) is 88.8 Å². The molecule has 4 N–H and O–H groups in total. The van der Waals surface area contributed by atoms with Crippen LogP contribution in [0.1, 0.15) is 5.69 Å². The molecule has 2 aliphatic rings. The van der Waals surface area contributed by atoms with Crippen LogP contribution in [0.25, 0.3) is 5.57 Å². The van der Waals surface area contributed by atoms with Gasteiger partial charge in [-0.3, -0.25) is 4.90 Å². The number of halogens is 6. The van der Waals surface area contributed by atoms with Gasteiger partial charge < -0.3 is 25.6 Å². The van der Waals surface area contributed by atoms with Crippen molar-refractivity contribution in [2.45, 2.75) is 17.2 Å². The Kier molecular flexibility index (Phi) is 12.2. The van der Waals surface area contributed by atoms with Crippen molar-refractivity contribution < 1.29 is 50.9 Å². The molecule has 4 rings (SSSR count). The number of carboxylic acids is 2. The smallest absolute Gasteiger partial charge is 0.475 e. The van der Waals surface area contributed by atoms with Crippen molar-refractivity contribution >= 4 is 40.9 Å². The molecule has 0 amide bonds. The highest BCUT2D eigenvalue weighted by Gasteiger charge is 2.38. The summed E-state index contributed by atoms with van der Waals surface area (Å²) in [5.41, 5.74) is 2.15. The lowest BCUT2D eigenvalue weighted by molar-refractivity contribution is -0.193. The van der Waals surface area contributed by atoms with Crippen molar-refractivity contribution in [1.29, 1.82) is 5.26 Å². The first-order valence-corrected chi connectivity index (χ1v) is 12.2. The van der Waals surface area contributed by atoms with Crippen LogP contribution in [0.3, 0.4) is 0 Å². The van der Waals surface area contributed by atoms with Gasteiger partial charge in [0, 0.05) is 37.3 Å². The maximum absolute atomic E-state index is 10.6. The van der Waals surface area contributed by atoms with E-state index in [0.717, 1.165) is 55.0 Å². The first kappa shape index (κ1) is 33.1. The molecule has 222 valence electrons. The molecule has 2 aliphatic heterocycles. The van der Waals surface area contributed by atoms with E-state index in [2.05, 4.69) is 31.6 Å². The minimum absolute atomic E-state index is 0.523. The van der Waals surface area contributed by atoms with Crippen molar-refractivity contribution in [2.24, 2.45) is 0 Å². The number of para-hydroxylation sites is 1. The van der Waals surface area contributed by atoms with Crippen LogP contribution in [0.2, 0.25) is 0 Å².